The van der Waals surface area contributed by atoms with Crippen molar-refractivity contribution in [1.29, 1.82) is 0 Å². The first-order valence-corrected chi connectivity index (χ1v) is 11.0. The molecule has 2 aromatic carbocycles. The van der Waals surface area contributed by atoms with Gasteiger partial charge >= 0.3 is 0 Å². The summed E-state index contributed by atoms with van der Waals surface area (Å²) in [5, 5.41) is 2.84. The number of hydrogen-bond donors (Lipinski definition) is 2. The highest BCUT2D eigenvalue weighted by Crippen LogP contribution is 2.28. The number of nitrogens with one attached hydrogen (secondary N) is 2. The maximum absolute atomic E-state index is 12.5. The van der Waals surface area contributed by atoms with Crippen molar-refractivity contribution in [3.05, 3.63) is 48.5 Å². The maximum atomic E-state index is 12.5. The summed E-state index contributed by atoms with van der Waals surface area (Å²) in [6.45, 7) is 0. The molecule has 0 heterocycles. The number of ether oxygens (including phenoxy) is 1. The summed E-state index contributed by atoms with van der Waals surface area (Å²) < 4.78 is 32.6. The van der Waals surface area contributed by atoms with Gasteiger partial charge in [-0.3, -0.25) is 9.52 Å². The Kier molecular flexibility index (Phi) is 6.57. The Morgan fingerprint density at radius 1 is 1.00 bits per heavy atom. The number of sulfonamides is 1. The van der Waals surface area contributed by atoms with Gasteiger partial charge in [-0.05, 0) is 60.9 Å². The van der Waals surface area contributed by atoms with Gasteiger partial charge in [-0.1, -0.05) is 25.7 Å². The number of methoxy groups -OCH3 is 1. The van der Waals surface area contributed by atoms with Crippen LogP contribution in [-0.2, 0) is 14.8 Å². The molecule has 6 nitrogen and oxygen atoms in total. The van der Waals surface area contributed by atoms with Crippen LogP contribution in [0.4, 0.5) is 11.4 Å². The monoisotopic (exact) mass is 402 g/mol. The van der Waals surface area contributed by atoms with Crippen LogP contribution in [0.5, 0.6) is 5.75 Å². The molecule has 0 aromatic heterocycles. The summed E-state index contributed by atoms with van der Waals surface area (Å²) in [7, 11) is -2.15. The van der Waals surface area contributed by atoms with Gasteiger partial charge in [0, 0.05) is 17.8 Å². The van der Waals surface area contributed by atoms with Crippen LogP contribution in [0.3, 0.4) is 0 Å². The Bertz CT molecular complexity index is 887. The summed E-state index contributed by atoms with van der Waals surface area (Å²) in [6, 6.07) is 12.8. The van der Waals surface area contributed by atoms with E-state index in [-0.39, 0.29) is 10.8 Å². The third-order valence-corrected chi connectivity index (χ3v) is 6.44. The van der Waals surface area contributed by atoms with Gasteiger partial charge in [-0.15, -0.1) is 0 Å². The molecule has 1 amide bonds. The number of carbonyl (C=O) groups excluding carboxylic acids is 1. The molecule has 0 radical (unpaired) electrons. The molecule has 1 fully saturated rings. The van der Waals surface area contributed by atoms with Crippen LogP contribution in [0, 0.1) is 5.92 Å². The topological polar surface area (TPSA) is 84.5 Å². The largest absolute Gasteiger partial charge is 0.497 e. The van der Waals surface area contributed by atoms with Crippen LogP contribution in [0.1, 0.15) is 38.5 Å². The van der Waals surface area contributed by atoms with Gasteiger partial charge in [-0.25, -0.2) is 8.42 Å². The van der Waals surface area contributed by atoms with E-state index in [0.29, 0.717) is 29.5 Å². The number of carbonyl (C=O) groups is 1. The average molecular weight is 403 g/mol. The highest BCUT2D eigenvalue weighted by molar-refractivity contribution is 7.92. The minimum Gasteiger partial charge on any atom is -0.497 e. The van der Waals surface area contributed by atoms with Crippen LogP contribution in [0.25, 0.3) is 0 Å². The van der Waals surface area contributed by atoms with Gasteiger partial charge in [0.1, 0.15) is 5.75 Å². The van der Waals surface area contributed by atoms with Gasteiger partial charge in [0.15, 0.2) is 0 Å². The number of rotatable bonds is 8. The van der Waals surface area contributed by atoms with E-state index in [9.17, 15) is 13.2 Å². The van der Waals surface area contributed by atoms with E-state index in [1.54, 1.807) is 43.5 Å². The van der Waals surface area contributed by atoms with Crippen LogP contribution >= 0.6 is 0 Å². The Morgan fingerprint density at radius 2 is 1.61 bits per heavy atom. The quantitative estimate of drug-likeness (QED) is 0.685. The fraction of sp³-hybridized carbons (Fsp3) is 0.381. The highest BCUT2D eigenvalue weighted by Gasteiger charge is 2.17. The predicted octanol–water partition coefficient (Wildman–Crippen LogP) is 4.40. The van der Waals surface area contributed by atoms with Crippen molar-refractivity contribution < 1.29 is 17.9 Å². The standard InChI is InChI=1S/C21H26N2O4S/c1-27-19-11-7-18(8-12-19)23-28(25,26)20-13-9-17(10-14-20)22-21(24)15-6-16-4-2-3-5-16/h7-14,16,23H,2-6,15H2,1H3,(H,22,24). The molecule has 2 aromatic rings. The molecule has 0 atom stereocenters. The zero-order valence-electron chi connectivity index (χ0n) is 16.0. The highest BCUT2D eigenvalue weighted by atomic mass is 32.2. The van der Waals surface area contributed by atoms with Crippen molar-refractivity contribution in [3.63, 3.8) is 0 Å². The first-order chi connectivity index (χ1) is 13.5. The van der Waals surface area contributed by atoms with Gasteiger partial charge < -0.3 is 10.1 Å². The van der Waals surface area contributed by atoms with E-state index in [2.05, 4.69) is 10.0 Å². The van der Waals surface area contributed by atoms with Crippen LogP contribution < -0.4 is 14.8 Å². The van der Waals surface area contributed by atoms with Crippen LogP contribution in [-0.4, -0.2) is 21.4 Å². The van der Waals surface area contributed by atoms with Crippen molar-refractivity contribution in [2.45, 2.75) is 43.4 Å². The van der Waals surface area contributed by atoms with E-state index < -0.39 is 10.0 Å². The normalized spacial score (nSPS) is 14.6. The molecule has 0 bridgehead atoms. The van der Waals surface area contributed by atoms with Crippen molar-refractivity contribution in [1.82, 2.24) is 0 Å². The van der Waals surface area contributed by atoms with Crippen molar-refractivity contribution >= 4 is 27.3 Å². The third-order valence-electron chi connectivity index (χ3n) is 5.05. The first-order valence-electron chi connectivity index (χ1n) is 9.53. The zero-order valence-corrected chi connectivity index (χ0v) is 16.8. The number of benzene rings is 2. The molecule has 0 aliphatic heterocycles. The molecule has 150 valence electrons. The maximum Gasteiger partial charge on any atom is 0.261 e. The van der Waals surface area contributed by atoms with Crippen molar-refractivity contribution in [2.75, 3.05) is 17.1 Å². The smallest absolute Gasteiger partial charge is 0.261 e. The van der Waals surface area contributed by atoms with Crippen molar-refractivity contribution in [3.8, 4) is 5.75 Å². The Balaban J connectivity index is 1.56. The lowest BCUT2D eigenvalue weighted by atomic mass is 10.0. The second kappa shape index (κ2) is 9.10. The zero-order chi connectivity index (χ0) is 20.0. The Hall–Kier alpha value is -2.54. The van der Waals surface area contributed by atoms with Gasteiger partial charge in [0.25, 0.3) is 10.0 Å². The van der Waals surface area contributed by atoms with E-state index in [1.165, 1.54) is 37.8 Å². The molecule has 2 N–H and O–H groups in total. The third kappa shape index (κ3) is 5.48. The molecular formula is C21H26N2O4S. The van der Waals surface area contributed by atoms with Gasteiger partial charge in [-0.2, -0.15) is 0 Å². The lowest BCUT2D eigenvalue weighted by Gasteiger charge is -2.11. The summed E-state index contributed by atoms with van der Waals surface area (Å²) >= 11 is 0. The molecule has 1 aliphatic rings. The fourth-order valence-corrected chi connectivity index (χ4v) is 4.51. The molecule has 0 unspecified atom stereocenters. The van der Waals surface area contributed by atoms with Gasteiger partial charge in [0.05, 0.1) is 12.0 Å². The molecule has 7 heteroatoms. The molecule has 1 saturated carbocycles. The Labute approximate surface area is 166 Å². The molecule has 0 spiro atoms. The van der Waals surface area contributed by atoms with E-state index >= 15 is 0 Å². The molecule has 0 saturated heterocycles. The number of anilines is 2. The van der Waals surface area contributed by atoms with Crippen LogP contribution in [0.15, 0.2) is 53.4 Å². The molecular weight excluding hydrogens is 376 g/mol. The number of hydrogen-bond acceptors (Lipinski definition) is 4. The number of amides is 1. The minimum atomic E-state index is -3.70. The second-order valence-corrected chi connectivity index (χ2v) is 8.78. The fourth-order valence-electron chi connectivity index (χ4n) is 3.45. The Morgan fingerprint density at radius 3 is 2.21 bits per heavy atom. The molecule has 1 aliphatic carbocycles. The van der Waals surface area contributed by atoms with E-state index in [1.807, 2.05) is 0 Å². The van der Waals surface area contributed by atoms with Gasteiger partial charge in [0.2, 0.25) is 5.91 Å². The summed E-state index contributed by atoms with van der Waals surface area (Å²) in [6.07, 6.45) is 6.41. The lowest BCUT2D eigenvalue weighted by molar-refractivity contribution is -0.116. The second-order valence-electron chi connectivity index (χ2n) is 7.10. The minimum absolute atomic E-state index is 0.0288. The first kappa shape index (κ1) is 20.2. The lowest BCUT2D eigenvalue weighted by Crippen LogP contribution is -2.14. The molecule has 28 heavy (non-hydrogen) atoms. The average Bonchev–Trinajstić information content (AvgIpc) is 3.21. The molecule has 3 rings (SSSR count). The van der Waals surface area contributed by atoms with E-state index in [0.717, 1.165) is 6.42 Å². The SMILES string of the molecule is COc1ccc(NS(=O)(=O)c2ccc(NC(=O)CCC3CCCC3)cc2)cc1. The summed E-state index contributed by atoms with van der Waals surface area (Å²) in [4.78, 5) is 12.2. The van der Waals surface area contributed by atoms with Crippen LogP contribution in [0.2, 0.25) is 0 Å². The van der Waals surface area contributed by atoms with E-state index in [4.69, 9.17) is 4.74 Å². The van der Waals surface area contributed by atoms with Crippen molar-refractivity contribution in [2.24, 2.45) is 5.92 Å². The summed E-state index contributed by atoms with van der Waals surface area (Å²) in [5.41, 5.74) is 1.05. The summed E-state index contributed by atoms with van der Waals surface area (Å²) in [5.74, 6) is 1.29. The predicted molar refractivity (Wildman–Crippen MR) is 110 cm³/mol.